The van der Waals surface area contributed by atoms with Crippen LogP contribution in [0, 0.1) is 5.92 Å². The SMILES string of the molecule is COCc1nc(N2CCCC3CCCC32)sc1C(=O)O. The van der Waals surface area contributed by atoms with Crippen LogP contribution in [-0.2, 0) is 11.3 Å². The van der Waals surface area contributed by atoms with Gasteiger partial charge in [0.15, 0.2) is 5.13 Å². The minimum absolute atomic E-state index is 0.264. The lowest BCUT2D eigenvalue weighted by Gasteiger charge is -2.37. The molecule has 0 radical (unpaired) electrons. The van der Waals surface area contributed by atoms with Crippen LogP contribution in [0.15, 0.2) is 0 Å². The molecule has 5 nitrogen and oxygen atoms in total. The van der Waals surface area contributed by atoms with E-state index in [1.54, 1.807) is 7.11 Å². The average Bonchev–Trinajstić information content (AvgIpc) is 3.04. The third kappa shape index (κ3) is 2.42. The van der Waals surface area contributed by atoms with Crippen LogP contribution >= 0.6 is 11.3 Å². The molecule has 110 valence electrons. The van der Waals surface area contributed by atoms with Crippen molar-refractivity contribution < 1.29 is 14.6 Å². The van der Waals surface area contributed by atoms with Gasteiger partial charge in [-0.1, -0.05) is 17.8 Å². The van der Waals surface area contributed by atoms with Crippen molar-refractivity contribution in [2.24, 2.45) is 5.92 Å². The summed E-state index contributed by atoms with van der Waals surface area (Å²) in [7, 11) is 1.57. The number of fused-ring (bicyclic) bond motifs is 1. The Hall–Kier alpha value is -1.14. The van der Waals surface area contributed by atoms with Crippen LogP contribution < -0.4 is 4.90 Å². The molecular formula is C14H20N2O3S. The molecule has 2 unspecified atom stereocenters. The number of nitrogens with zero attached hydrogens (tertiary/aromatic N) is 2. The third-order valence-electron chi connectivity index (χ3n) is 4.40. The topological polar surface area (TPSA) is 62.7 Å². The van der Waals surface area contributed by atoms with E-state index in [4.69, 9.17) is 4.74 Å². The van der Waals surface area contributed by atoms with Crippen molar-refractivity contribution >= 4 is 22.4 Å². The predicted octanol–water partition coefficient (Wildman–Crippen LogP) is 2.76. The van der Waals surface area contributed by atoms with Crippen LogP contribution in [0.4, 0.5) is 5.13 Å². The number of ether oxygens (including phenoxy) is 1. The van der Waals surface area contributed by atoms with E-state index >= 15 is 0 Å². The summed E-state index contributed by atoms with van der Waals surface area (Å²) in [5, 5.41) is 10.2. The lowest BCUT2D eigenvalue weighted by molar-refractivity contribution is 0.0697. The summed E-state index contributed by atoms with van der Waals surface area (Å²) in [6.07, 6.45) is 6.30. The molecule has 1 aromatic rings. The van der Waals surface area contributed by atoms with Crippen LogP contribution in [0.25, 0.3) is 0 Å². The highest BCUT2D eigenvalue weighted by Gasteiger charge is 2.36. The van der Waals surface area contributed by atoms with E-state index in [-0.39, 0.29) is 6.61 Å². The fourth-order valence-corrected chi connectivity index (χ4v) is 4.55. The molecule has 1 N–H and O–H groups in total. The second-order valence-corrected chi connectivity index (χ2v) is 6.58. The summed E-state index contributed by atoms with van der Waals surface area (Å²) < 4.78 is 5.07. The second-order valence-electron chi connectivity index (χ2n) is 5.60. The van der Waals surface area contributed by atoms with Crippen LogP contribution in [0.3, 0.4) is 0 Å². The third-order valence-corrected chi connectivity index (χ3v) is 5.52. The first kappa shape index (κ1) is 13.8. The minimum Gasteiger partial charge on any atom is -0.477 e. The van der Waals surface area contributed by atoms with E-state index in [0.717, 1.165) is 17.6 Å². The van der Waals surface area contributed by atoms with Gasteiger partial charge in [0.25, 0.3) is 0 Å². The van der Waals surface area contributed by atoms with Crippen molar-refractivity contribution in [1.29, 1.82) is 0 Å². The van der Waals surface area contributed by atoms with Gasteiger partial charge in [0.2, 0.25) is 0 Å². The molecule has 2 heterocycles. The second kappa shape index (κ2) is 5.69. The van der Waals surface area contributed by atoms with E-state index in [0.29, 0.717) is 16.6 Å². The number of carboxylic acids is 1. The Balaban J connectivity index is 1.89. The molecule has 0 aromatic carbocycles. The molecule has 1 saturated carbocycles. The number of carboxylic acid groups (broad SMARTS) is 1. The van der Waals surface area contributed by atoms with Crippen LogP contribution in [0.2, 0.25) is 0 Å². The van der Waals surface area contributed by atoms with E-state index < -0.39 is 5.97 Å². The summed E-state index contributed by atoms with van der Waals surface area (Å²) in [4.78, 5) is 18.5. The zero-order valence-corrected chi connectivity index (χ0v) is 12.5. The van der Waals surface area contributed by atoms with Gasteiger partial charge < -0.3 is 14.7 Å². The molecule has 0 spiro atoms. The van der Waals surface area contributed by atoms with Crippen LogP contribution in [0.1, 0.15) is 47.5 Å². The highest BCUT2D eigenvalue weighted by molar-refractivity contribution is 7.17. The Bertz CT molecular complexity index is 503. The maximum atomic E-state index is 11.3. The lowest BCUT2D eigenvalue weighted by atomic mass is 9.92. The van der Waals surface area contributed by atoms with E-state index in [1.165, 1.54) is 43.4 Å². The highest BCUT2D eigenvalue weighted by Crippen LogP contribution is 2.40. The Labute approximate surface area is 122 Å². The number of aromatic nitrogens is 1. The first-order valence-electron chi connectivity index (χ1n) is 7.19. The summed E-state index contributed by atoms with van der Waals surface area (Å²) in [6, 6.07) is 0.562. The van der Waals surface area contributed by atoms with Crippen LogP contribution in [-0.4, -0.2) is 35.8 Å². The molecule has 1 saturated heterocycles. The molecule has 0 amide bonds. The fraction of sp³-hybridized carbons (Fsp3) is 0.714. The van der Waals surface area contributed by atoms with Crippen molar-refractivity contribution in [3.8, 4) is 0 Å². The van der Waals surface area contributed by atoms with Gasteiger partial charge in [-0.15, -0.1) is 0 Å². The van der Waals surface area contributed by atoms with Gasteiger partial charge >= 0.3 is 5.97 Å². The molecule has 6 heteroatoms. The number of rotatable bonds is 4. The zero-order chi connectivity index (χ0) is 14.1. The Morgan fingerprint density at radius 2 is 2.25 bits per heavy atom. The number of methoxy groups -OCH3 is 1. The number of hydrogen-bond acceptors (Lipinski definition) is 5. The maximum absolute atomic E-state index is 11.3. The molecule has 2 aliphatic rings. The number of aromatic carboxylic acids is 1. The van der Waals surface area contributed by atoms with Gasteiger partial charge in [0.1, 0.15) is 4.88 Å². The summed E-state index contributed by atoms with van der Waals surface area (Å²) in [6.45, 7) is 1.26. The molecule has 1 aliphatic heterocycles. The highest BCUT2D eigenvalue weighted by atomic mass is 32.1. The molecular weight excluding hydrogens is 276 g/mol. The van der Waals surface area contributed by atoms with Crippen molar-refractivity contribution in [1.82, 2.24) is 4.98 Å². The molecule has 0 bridgehead atoms. The van der Waals surface area contributed by atoms with Crippen molar-refractivity contribution in [3.05, 3.63) is 10.6 Å². The smallest absolute Gasteiger partial charge is 0.347 e. The van der Waals surface area contributed by atoms with Gasteiger partial charge in [-0.25, -0.2) is 9.78 Å². The lowest BCUT2D eigenvalue weighted by Crippen LogP contribution is -2.42. The number of thiazole rings is 1. The predicted molar refractivity (Wildman–Crippen MR) is 77.5 cm³/mol. The molecule has 3 rings (SSSR count). The summed E-state index contributed by atoms with van der Waals surface area (Å²) in [5.74, 6) is -0.132. The standard InChI is InChI=1S/C14H20N2O3S/c1-19-8-10-12(13(17)18)20-14(15-10)16-7-3-5-9-4-2-6-11(9)16/h9,11H,2-8H2,1H3,(H,17,18). The molecule has 2 fully saturated rings. The molecule has 1 aromatic heterocycles. The van der Waals surface area contributed by atoms with Gasteiger partial charge in [-0.2, -0.15) is 0 Å². The summed E-state index contributed by atoms with van der Waals surface area (Å²) >= 11 is 1.30. The summed E-state index contributed by atoms with van der Waals surface area (Å²) in [5.41, 5.74) is 0.556. The number of hydrogen-bond donors (Lipinski definition) is 1. The minimum atomic E-state index is -0.902. The van der Waals surface area contributed by atoms with E-state index in [2.05, 4.69) is 9.88 Å². The number of piperidine rings is 1. The zero-order valence-electron chi connectivity index (χ0n) is 11.7. The normalized spacial score (nSPS) is 25.8. The average molecular weight is 296 g/mol. The van der Waals surface area contributed by atoms with Gasteiger partial charge in [0.05, 0.1) is 12.3 Å². The molecule has 2 atom stereocenters. The Morgan fingerprint density at radius 3 is 3.00 bits per heavy atom. The largest absolute Gasteiger partial charge is 0.477 e. The quantitative estimate of drug-likeness (QED) is 0.925. The maximum Gasteiger partial charge on any atom is 0.347 e. The first-order chi connectivity index (χ1) is 9.70. The monoisotopic (exact) mass is 296 g/mol. The number of anilines is 1. The first-order valence-corrected chi connectivity index (χ1v) is 8.01. The molecule has 1 aliphatic carbocycles. The van der Waals surface area contributed by atoms with Crippen molar-refractivity contribution in [2.45, 2.75) is 44.8 Å². The van der Waals surface area contributed by atoms with Crippen molar-refractivity contribution in [2.75, 3.05) is 18.6 Å². The van der Waals surface area contributed by atoms with Gasteiger partial charge in [0, 0.05) is 19.7 Å². The Kier molecular flexibility index (Phi) is 3.94. The van der Waals surface area contributed by atoms with Gasteiger partial charge in [-0.05, 0) is 31.6 Å². The molecule has 20 heavy (non-hydrogen) atoms. The van der Waals surface area contributed by atoms with Crippen LogP contribution in [0.5, 0.6) is 0 Å². The number of carbonyl (C=O) groups is 1. The van der Waals surface area contributed by atoms with E-state index in [9.17, 15) is 9.90 Å². The Morgan fingerprint density at radius 1 is 1.45 bits per heavy atom. The van der Waals surface area contributed by atoms with Crippen molar-refractivity contribution in [3.63, 3.8) is 0 Å². The fourth-order valence-electron chi connectivity index (χ4n) is 3.56. The van der Waals surface area contributed by atoms with Gasteiger partial charge in [-0.3, -0.25) is 0 Å². The van der Waals surface area contributed by atoms with E-state index in [1.807, 2.05) is 0 Å².